The number of phenolic OH excluding ortho intramolecular Hbond substituents is 2. The summed E-state index contributed by atoms with van der Waals surface area (Å²) in [6.07, 6.45) is 0. The summed E-state index contributed by atoms with van der Waals surface area (Å²) in [6, 6.07) is 2.35. The first kappa shape index (κ1) is 32.8. The van der Waals surface area contributed by atoms with Crippen LogP contribution in [0.2, 0.25) is 0 Å². The molecule has 0 radical (unpaired) electrons. The first-order valence-electron chi connectivity index (χ1n) is 13.3. The largest absolute Gasteiger partial charge is 0.504 e. The molecule has 1 fully saturated rings. The van der Waals surface area contributed by atoms with Gasteiger partial charge >= 0.3 is 17.6 Å². The van der Waals surface area contributed by atoms with E-state index in [0.29, 0.717) is 0 Å². The molecular weight excluding hydrogens is 664 g/mol. The molecule has 3 aromatic rings. The van der Waals surface area contributed by atoms with E-state index < -0.39 is 80.8 Å². The maximum absolute atomic E-state index is 13.2. The highest BCUT2D eigenvalue weighted by Gasteiger charge is 2.54. The molecule has 8 N–H and O–H groups in total. The number of oxime groups is 1. The van der Waals surface area contributed by atoms with Crippen LogP contribution in [-0.4, -0.2) is 95.0 Å². The number of nitrogens with zero attached hydrogens (tertiary/aromatic N) is 3. The molecule has 246 valence electrons. The van der Waals surface area contributed by atoms with Crippen molar-refractivity contribution in [3.05, 3.63) is 56.5 Å². The second kappa shape index (κ2) is 12.3. The summed E-state index contributed by atoms with van der Waals surface area (Å²) in [5.41, 5.74) is 1.10. The third-order valence-electron chi connectivity index (χ3n) is 6.96. The molecular formula is C27H24N6O12S2. The van der Waals surface area contributed by atoms with Crippen molar-refractivity contribution in [1.29, 1.82) is 0 Å². The summed E-state index contributed by atoms with van der Waals surface area (Å²) in [5, 5.41) is 48.1. The maximum Gasteiger partial charge on any atom is 0.352 e. The Morgan fingerprint density at radius 1 is 1.21 bits per heavy atom. The average molecular weight is 689 g/mol. The number of carboxylic acids is 2. The van der Waals surface area contributed by atoms with Crippen LogP contribution in [0.4, 0.5) is 5.13 Å². The number of rotatable bonds is 10. The number of nitrogens with two attached hydrogens (primary N) is 1. The molecule has 3 amide bonds. The van der Waals surface area contributed by atoms with Gasteiger partial charge in [0, 0.05) is 23.1 Å². The van der Waals surface area contributed by atoms with Gasteiger partial charge in [-0.05, 0) is 37.6 Å². The van der Waals surface area contributed by atoms with E-state index in [1.165, 1.54) is 25.3 Å². The quantitative estimate of drug-likeness (QED) is 0.0485. The predicted molar refractivity (Wildman–Crippen MR) is 164 cm³/mol. The Hall–Kier alpha value is -5.63. The van der Waals surface area contributed by atoms with Crippen LogP contribution in [0.15, 0.2) is 49.2 Å². The lowest BCUT2D eigenvalue weighted by Gasteiger charge is -2.49. The van der Waals surface area contributed by atoms with Gasteiger partial charge in [-0.2, -0.15) is 0 Å². The predicted octanol–water partition coefficient (Wildman–Crippen LogP) is -0.00460. The van der Waals surface area contributed by atoms with Gasteiger partial charge in [0.2, 0.25) is 11.4 Å². The van der Waals surface area contributed by atoms with Crippen LogP contribution in [0.5, 0.6) is 11.5 Å². The van der Waals surface area contributed by atoms with Gasteiger partial charge in [0.1, 0.15) is 28.4 Å². The standard InChI is InChI=1S/C27H24N6O12S2/c1-27(2,25(42)43)45-32-14(12-8-47-26(28)30-12)20(37)31-15-21(38)33-16(23(39)40)10(7-46-22(15)33)6-29-19(36)11-5-9-3-4-13(34)17(35)18(9)44-24(11)41/h3-5,8,15,22,34-35H,6-7H2,1-2H3,(H2,28,30)(H,29,36)(H,31,37)(H,39,40)(H,42,43)/b32-14-/t15-,22-/m1/s1. The van der Waals surface area contributed by atoms with Crippen LogP contribution in [0.25, 0.3) is 11.0 Å². The lowest BCUT2D eigenvalue weighted by molar-refractivity contribution is -0.161. The highest BCUT2D eigenvalue weighted by molar-refractivity contribution is 8.00. The first-order chi connectivity index (χ1) is 22.1. The van der Waals surface area contributed by atoms with E-state index in [4.69, 9.17) is 15.0 Å². The first-order valence-corrected chi connectivity index (χ1v) is 15.2. The molecule has 0 aliphatic carbocycles. The number of hydrogen-bond donors (Lipinski definition) is 7. The number of amides is 3. The molecule has 1 aromatic carbocycles. The van der Waals surface area contributed by atoms with Crippen LogP contribution in [-0.2, 0) is 24.0 Å². The van der Waals surface area contributed by atoms with E-state index in [1.54, 1.807) is 0 Å². The molecule has 2 aromatic heterocycles. The number of nitrogens with one attached hydrogen (secondary N) is 2. The monoisotopic (exact) mass is 688 g/mol. The number of thioether (sulfide) groups is 1. The van der Waals surface area contributed by atoms with Gasteiger partial charge in [-0.25, -0.2) is 19.4 Å². The van der Waals surface area contributed by atoms with Crippen molar-refractivity contribution in [1.82, 2.24) is 20.5 Å². The minimum Gasteiger partial charge on any atom is -0.504 e. The zero-order chi connectivity index (χ0) is 34.4. The molecule has 0 spiro atoms. The third-order valence-corrected chi connectivity index (χ3v) is 8.97. The molecule has 2 aliphatic rings. The number of nitrogen functional groups attached to an aromatic ring is 1. The molecule has 47 heavy (non-hydrogen) atoms. The highest BCUT2D eigenvalue weighted by atomic mass is 32.2. The number of aromatic hydroxyl groups is 2. The number of carbonyl (C=O) groups excluding carboxylic acids is 3. The molecule has 0 saturated carbocycles. The van der Waals surface area contributed by atoms with Gasteiger partial charge in [0.05, 0.1) is 0 Å². The molecule has 0 bridgehead atoms. The van der Waals surface area contributed by atoms with Gasteiger partial charge in [-0.3, -0.25) is 19.3 Å². The lowest BCUT2D eigenvalue weighted by atomic mass is 10.0. The van der Waals surface area contributed by atoms with E-state index in [2.05, 4.69) is 20.8 Å². The minimum absolute atomic E-state index is 0.00167. The minimum atomic E-state index is -1.83. The van der Waals surface area contributed by atoms with Gasteiger partial charge in [-0.15, -0.1) is 23.1 Å². The summed E-state index contributed by atoms with van der Waals surface area (Å²) in [7, 11) is 0. The number of phenols is 2. The summed E-state index contributed by atoms with van der Waals surface area (Å²) in [5.74, 6) is -6.76. The van der Waals surface area contributed by atoms with Gasteiger partial charge in [-0.1, -0.05) is 5.16 Å². The van der Waals surface area contributed by atoms with Crippen molar-refractivity contribution >= 4 is 74.6 Å². The van der Waals surface area contributed by atoms with Crippen LogP contribution in [0.3, 0.4) is 0 Å². The lowest BCUT2D eigenvalue weighted by Crippen LogP contribution is -2.71. The van der Waals surface area contributed by atoms with E-state index in [0.717, 1.165) is 40.1 Å². The SMILES string of the molecule is CC(C)(O/N=C(\C(=O)N[C@@H]1C(=O)N2C(C(=O)O)=C(CNC(=O)c3cc4ccc(O)c(O)c4oc3=O)CS[C@H]12)c1csc(N)n1)C(=O)O. The number of aromatic nitrogens is 1. The average Bonchev–Trinajstić information content (AvgIpc) is 3.45. The fraction of sp³-hybridized carbons (Fsp3) is 0.259. The number of thiazole rings is 1. The summed E-state index contributed by atoms with van der Waals surface area (Å²) in [6.45, 7) is 2.02. The Bertz CT molecular complexity index is 1980. The number of β-lactam (4-membered cyclic amide) rings is 1. The van der Waals surface area contributed by atoms with Crippen LogP contribution >= 0.6 is 23.1 Å². The third kappa shape index (κ3) is 6.14. The fourth-order valence-corrected chi connectivity index (χ4v) is 6.32. The van der Waals surface area contributed by atoms with Crippen LogP contribution in [0.1, 0.15) is 29.9 Å². The van der Waals surface area contributed by atoms with E-state index in [9.17, 15) is 49.2 Å². The Morgan fingerprint density at radius 3 is 2.57 bits per heavy atom. The number of hydrogen-bond acceptors (Lipinski definition) is 15. The molecule has 1 saturated heterocycles. The summed E-state index contributed by atoms with van der Waals surface area (Å²) < 4.78 is 4.99. The summed E-state index contributed by atoms with van der Waals surface area (Å²) in [4.78, 5) is 85.4. The number of anilines is 1. The number of aliphatic carboxylic acids is 2. The van der Waals surface area contributed by atoms with Crippen molar-refractivity contribution in [2.24, 2.45) is 5.16 Å². The van der Waals surface area contributed by atoms with E-state index in [-0.39, 0.29) is 39.7 Å². The Kier molecular flexibility index (Phi) is 8.56. The summed E-state index contributed by atoms with van der Waals surface area (Å²) >= 11 is 2.06. The van der Waals surface area contributed by atoms with Crippen molar-refractivity contribution in [3.8, 4) is 11.5 Å². The number of carboxylic acid groups (broad SMARTS) is 2. The highest BCUT2D eigenvalue weighted by Crippen LogP contribution is 2.40. The fourth-order valence-electron chi connectivity index (χ4n) is 4.43. The Labute approximate surface area is 270 Å². The topological polar surface area (TPSA) is 284 Å². The number of benzene rings is 1. The Balaban J connectivity index is 1.32. The zero-order valence-corrected chi connectivity index (χ0v) is 25.8. The van der Waals surface area contributed by atoms with Crippen molar-refractivity contribution in [2.45, 2.75) is 30.9 Å². The van der Waals surface area contributed by atoms with Gasteiger partial charge < -0.3 is 46.0 Å². The van der Waals surface area contributed by atoms with Crippen LogP contribution < -0.4 is 22.0 Å². The molecule has 4 heterocycles. The van der Waals surface area contributed by atoms with Gasteiger partial charge in [0.15, 0.2) is 22.2 Å². The van der Waals surface area contributed by atoms with Crippen LogP contribution in [0, 0.1) is 0 Å². The normalized spacial score (nSPS) is 18.0. The van der Waals surface area contributed by atoms with Crippen molar-refractivity contribution in [2.75, 3.05) is 18.0 Å². The number of fused-ring (bicyclic) bond motifs is 2. The number of carbonyl (C=O) groups is 5. The molecule has 0 unspecified atom stereocenters. The van der Waals surface area contributed by atoms with Crippen molar-refractivity contribution < 1.29 is 53.7 Å². The van der Waals surface area contributed by atoms with E-state index in [1.807, 2.05) is 0 Å². The smallest absolute Gasteiger partial charge is 0.352 e. The molecule has 2 atom stereocenters. The molecule has 18 nitrogen and oxygen atoms in total. The van der Waals surface area contributed by atoms with E-state index >= 15 is 0 Å². The second-order valence-corrected chi connectivity index (χ2v) is 12.5. The molecule has 20 heteroatoms. The molecule has 2 aliphatic heterocycles. The Morgan fingerprint density at radius 2 is 1.94 bits per heavy atom. The van der Waals surface area contributed by atoms with Gasteiger partial charge in [0.25, 0.3) is 17.7 Å². The zero-order valence-electron chi connectivity index (χ0n) is 24.2. The molecule has 5 rings (SSSR count). The maximum atomic E-state index is 13.2. The van der Waals surface area contributed by atoms with Crippen molar-refractivity contribution in [3.63, 3.8) is 0 Å². The second-order valence-electron chi connectivity index (χ2n) is 10.5.